The molecule has 1 amide bonds. The number of aromatic nitrogens is 1. The molecular weight excluding hydrogens is 260 g/mol. The largest absolute Gasteiger partial charge is 0.481 e. The van der Waals surface area contributed by atoms with Gasteiger partial charge in [-0.25, -0.2) is 0 Å². The van der Waals surface area contributed by atoms with Gasteiger partial charge in [-0.05, 0) is 25.7 Å². The van der Waals surface area contributed by atoms with Crippen LogP contribution in [0.15, 0.2) is 10.6 Å². The number of amides is 1. The van der Waals surface area contributed by atoms with Gasteiger partial charge in [-0.2, -0.15) is 0 Å². The van der Waals surface area contributed by atoms with E-state index in [1.54, 1.807) is 11.0 Å². The van der Waals surface area contributed by atoms with Crippen LogP contribution >= 0.6 is 0 Å². The number of hydrogen-bond acceptors (Lipinski definition) is 4. The van der Waals surface area contributed by atoms with Crippen LogP contribution in [0.3, 0.4) is 0 Å². The molecule has 6 nitrogen and oxygen atoms in total. The monoisotopic (exact) mass is 280 g/mol. The topological polar surface area (TPSA) is 83.6 Å². The van der Waals surface area contributed by atoms with Gasteiger partial charge < -0.3 is 14.5 Å². The lowest BCUT2D eigenvalue weighted by atomic mass is 9.93. The number of carbonyl (C=O) groups is 2. The number of nitrogens with zero attached hydrogens (tertiary/aromatic N) is 2. The maximum absolute atomic E-state index is 12.4. The molecule has 0 saturated carbocycles. The number of piperidine rings is 1. The molecule has 0 spiro atoms. The van der Waals surface area contributed by atoms with E-state index in [2.05, 4.69) is 5.16 Å². The lowest BCUT2D eigenvalue weighted by molar-refractivity contribution is -0.143. The van der Waals surface area contributed by atoms with E-state index >= 15 is 0 Å². The summed E-state index contributed by atoms with van der Waals surface area (Å²) in [5.41, 5.74) is 0.729. The van der Waals surface area contributed by atoms with E-state index in [1.165, 1.54) is 0 Å². The molecule has 2 unspecified atom stereocenters. The molecule has 6 heteroatoms. The highest BCUT2D eigenvalue weighted by atomic mass is 16.5. The second-order valence-corrected chi connectivity index (χ2v) is 5.69. The minimum Gasteiger partial charge on any atom is -0.481 e. The molecule has 1 saturated heterocycles. The first-order valence-electron chi connectivity index (χ1n) is 6.90. The second kappa shape index (κ2) is 5.64. The van der Waals surface area contributed by atoms with Crippen molar-refractivity contribution in [3.05, 3.63) is 17.5 Å². The highest BCUT2D eigenvalue weighted by molar-refractivity contribution is 5.92. The molecule has 1 aliphatic heterocycles. The van der Waals surface area contributed by atoms with Gasteiger partial charge in [-0.15, -0.1) is 0 Å². The van der Waals surface area contributed by atoms with E-state index in [9.17, 15) is 9.59 Å². The SMILES string of the molecule is CC(C)c1cc(C(=O)N2CC(C(=O)O)CCC2C)on1. The maximum atomic E-state index is 12.4. The van der Waals surface area contributed by atoms with Gasteiger partial charge in [0.1, 0.15) is 0 Å². The minimum atomic E-state index is -0.852. The molecular formula is C14H20N2O4. The molecule has 1 fully saturated rings. The first kappa shape index (κ1) is 14.6. The quantitative estimate of drug-likeness (QED) is 0.916. The van der Waals surface area contributed by atoms with Crippen molar-refractivity contribution in [2.75, 3.05) is 6.54 Å². The van der Waals surface area contributed by atoms with E-state index in [1.807, 2.05) is 20.8 Å². The van der Waals surface area contributed by atoms with Crippen LogP contribution in [0.2, 0.25) is 0 Å². The van der Waals surface area contributed by atoms with E-state index in [-0.39, 0.29) is 30.2 Å². The summed E-state index contributed by atoms with van der Waals surface area (Å²) in [6, 6.07) is 1.66. The highest BCUT2D eigenvalue weighted by Crippen LogP contribution is 2.24. The first-order chi connectivity index (χ1) is 9.40. The Kier molecular flexibility index (Phi) is 4.11. The van der Waals surface area contributed by atoms with Gasteiger partial charge in [0, 0.05) is 18.7 Å². The number of carboxylic acids is 1. The smallest absolute Gasteiger partial charge is 0.308 e. The third kappa shape index (κ3) is 2.84. The van der Waals surface area contributed by atoms with E-state index in [0.29, 0.717) is 12.8 Å². The number of carboxylic acid groups (broad SMARTS) is 1. The van der Waals surface area contributed by atoms with Gasteiger partial charge in [0.2, 0.25) is 5.76 Å². The Morgan fingerprint density at radius 1 is 1.45 bits per heavy atom. The van der Waals surface area contributed by atoms with Crippen LogP contribution < -0.4 is 0 Å². The Bertz CT molecular complexity index is 509. The molecule has 0 bridgehead atoms. The summed E-state index contributed by atoms with van der Waals surface area (Å²) in [7, 11) is 0. The number of aliphatic carboxylic acids is 1. The molecule has 0 aromatic carbocycles. The molecule has 2 heterocycles. The average Bonchev–Trinajstić information content (AvgIpc) is 2.88. The Balaban J connectivity index is 2.15. The fourth-order valence-electron chi connectivity index (χ4n) is 2.39. The fourth-order valence-corrected chi connectivity index (χ4v) is 2.39. The van der Waals surface area contributed by atoms with Crippen molar-refractivity contribution < 1.29 is 19.2 Å². The molecule has 1 aliphatic rings. The van der Waals surface area contributed by atoms with Gasteiger partial charge in [-0.3, -0.25) is 9.59 Å². The summed E-state index contributed by atoms with van der Waals surface area (Å²) >= 11 is 0. The Hall–Kier alpha value is -1.85. The minimum absolute atomic E-state index is 0.0192. The van der Waals surface area contributed by atoms with Crippen molar-refractivity contribution in [3.8, 4) is 0 Å². The van der Waals surface area contributed by atoms with Crippen molar-refractivity contribution >= 4 is 11.9 Å². The third-order valence-corrected chi connectivity index (χ3v) is 3.82. The van der Waals surface area contributed by atoms with Gasteiger partial charge in [0.15, 0.2) is 0 Å². The Morgan fingerprint density at radius 2 is 2.15 bits per heavy atom. The number of likely N-dealkylation sites (tertiary alicyclic amines) is 1. The van der Waals surface area contributed by atoms with E-state index < -0.39 is 11.9 Å². The van der Waals surface area contributed by atoms with Crippen molar-refractivity contribution in [1.82, 2.24) is 10.1 Å². The van der Waals surface area contributed by atoms with Crippen LogP contribution in [0.25, 0.3) is 0 Å². The van der Waals surface area contributed by atoms with Crippen molar-refractivity contribution in [2.45, 2.75) is 45.6 Å². The zero-order valence-electron chi connectivity index (χ0n) is 12.0. The molecule has 0 radical (unpaired) electrons. The molecule has 110 valence electrons. The lowest BCUT2D eigenvalue weighted by Crippen LogP contribution is -2.47. The number of rotatable bonds is 3. The van der Waals surface area contributed by atoms with Gasteiger partial charge in [-0.1, -0.05) is 19.0 Å². The van der Waals surface area contributed by atoms with Crippen molar-refractivity contribution in [2.24, 2.45) is 5.92 Å². The summed E-state index contributed by atoms with van der Waals surface area (Å²) in [6.45, 7) is 6.09. The molecule has 0 aliphatic carbocycles. The van der Waals surface area contributed by atoms with E-state index in [4.69, 9.17) is 9.63 Å². The zero-order chi connectivity index (χ0) is 14.9. The molecule has 1 aromatic heterocycles. The van der Waals surface area contributed by atoms with Gasteiger partial charge >= 0.3 is 5.97 Å². The highest BCUT2D eigenvalue weighted by Gasteiger charge is 2.34. The second-order valence-electron chi connectivity index (χ2n) is 5.69. The molecule has 2 atom stereocenters. The average molecular weight is 280 g/mol. The Labute approximate surface area is 117 Å². The van der Waals surface area contributed by atoms with Gasteiger partial charge in [0.05, 0.1) is 11.6 Å². The molecule has 1 N–H and O–H groups in total. The summed E-state index contributed by atoms with van der Waals surface area (Å²) in [5, 5.41) is 13.0. The standard InChI is InChI=1S/C14H20N2O4/c1-8(2)11-6-12(20-15-11)13(17)16-7-10(14(18)19)5-4-9(16)3/h6,8-10H,4-5,7H2,1-3H3,(H,18,19). The summed E-state index contributed by atoms with van der Waals surface area (Å²) in [6.07, 6.45) is 1.29. The normalized spacial score (nSPS) is 23.1. The number of carbonyl (C=O) groups excluding carboxylic acids is 1. The van der Waals surface area contributed by atoms with Crippen LogP contribution in [0.5, 0.6) is 0 Å². The van der Waals surface area contributed by atoms with Crippen molar-refractivity contribution in [3.63, 3.8) is 0 Å². The van der Waals surface area contributed by atoms with Crippen LogP contribution in [0.4, 0.5) is 0 Å². The van der Waals surface area contributed by atoms with Gasteiger partial charge in [0.25, 0.3) is 5.91 Å². The van der Waals surface area contributed by atoms with Crippen LogP contribution in [0.1, 0.15) is 55.8 Å². The van der Waals surface area contributed by atoms with Crippen LogP contribution in [-0.2, 0) is 4.79 Å². The molecule has 20 heavy (non-hydrogen) atoms. The predicted molar refractivity (Wildman–Crippen MR) is 71.5 cm³/mol. The maximum Gasteiger partial charge on any atom is 0.308 e. The summed E-state index contributed by atoms with van der Waals surface area (Å²) < 4.78 is 5.10. The van der Waals surface area contributed by atoms with Crippen LogP contribution in [-0.4, -0.2) is 39.6 Å². The predicted octanol–water partition coefficient (Wildman–Crippen LogP) is 2.12. The third-order valence-electron chi connectivity index (χ3n) is 3.82. The molecule has 2 rings (SSSR count). The van der Waals surface area contributed by atoms with Crippen molar-refractivity contribution in [1.29, 1.82) is 0 Å². The zero-order valence-corrected chi connectivity index (χ0v) is 12.0. The Morgan fingerprint density at radius 3 is 2.70 bits per heavy atom. The number of hydrogen-bond donors (Lipinski definition) is 1. The fraction of sp³-hybridized carbons (Fsp3) is 0.643. The summed E-state index contributed by atoms with van der Waals surface area (Å²) in [5.74, 6) is -1.25. The van der Waals surface area contributed by atoms with E-state index in [0.717, 1.165) is 5.69 Å². The lowest BCUT2D eigenvalue weighted by Gasteiger charge is -2.35. The first-order valence-corrected chi connectivity index (χ1v) is 6.90. The van der Waals surface area contributed by atoms with Crippen LogP contribution in [0, 0.1) is 5.92 Å². The summed E-state index contributed by atoms with van der Waals surface area (Å²) in [4.78, 5) is 25.1. The molecule has 1 aromatic rings.